The number of benzene rings is 1. The van der Waals surface area contributed by atoms with E-state index in [1.807, 2.05) is 0 Å². The van der Waals surface area contributed by atoms with E-state index in [4.69, 9.17) is 5.11 Å². The van der Waals surface area contributed by atoms with Crippen LogP contribution in [0.25, 0.3) is 0 Å². The predicted octanol–water partition coefficient (Wildman–Crippen LogP) is 3.23. The standard InChI is InChI=1S/C14H19FN2O3/c1-2-3-4-5-8-16-14(20)17-12-9-10(15)6-7-11(12)13(18)19/h6-7,9H,2-5,8H2,1H3,(H,18,19)(H2,16,17,20). The molecular weight excluding hydrogens is 263 g/mol. The molecule has 0 aliphatic heterocycles. The summed E-state index contributed by atoms with van der Waals surface area (Å²) in [7, 11) is 0. The zero-order valence-corrected chi connectivity index (χ0v) is 11.4. The predicted molar refractivity (Wildman–Crippen MR) is 74.5 cm³/mol. The first-order valence-corrected chi connectivity index (χ1v) is 6.62. The molecule has 110 valence electrons. The number of urea groups is 1. The van der Waals surface area contributed by atoms with E-state index in [0.29, 0.717) is 6.54 Å². The molecule has 1 rings (SSSR count). The highest BCUT2D eigenvalue weighted by Crippen LogP contribution is 2.17. The van der Waals surface area contributed by atoms with Gasteiger partial charge in [0.1, 0.15) is 5.82 Å². The maximum absolute atomic E-state index is 13.1. The van der Waals surface area contributed by atoms with Gasteiger partial charge >= 0.3 is 12.0 Å². The van der Waals surface area contributed by atoms with Gasteiger partial charge in [0.25, 0.3) is 0 Å². The van der Waals surface area contributed by atoms with Gasteiger partial charge in [-0.05, 0) is 24.6 Å². The Morgan fingerprint density at radius 2 is 2.00 bits per heavy atom. The molecule has 0 bridgehead atoms. The largest absolute Gasteiger partial charge is 0.478 e. The fraction of sp³-hybridized carbons (Fsp3) is 0.429. The fourth-order valence-electron chi connectivity index (χ4n) is 1.73. The summed E-state index contributed by atoms with van der Waals surface area (Å²) in [5.41, 5.74) is -0.198. The van der Waals surface area contributed by atoms with Crippen LogP contribution < -0.4 is 10.6 Å². The van der Waals surface area contributed by atoms with Gasteiger partial charge in [-0.2, -0.15) is 0 Å². The molecule has 20 heavy (non-hydrogen) atoms. The van der Waals surface area contributed by atoms with Gasteiger partial charge in [0.05, 0.1) is 11.3 Å². The molecule has 2 amide bonds. The maximum atomic E-state index is 13.1. The lowest BCUT2D eigenvalue weighted by atomic mass is 10.2. The molecule has 0 heterocycles. The van der Waals surface area contributed by atoms with E-state index >= 15 is 0 Å². The molecule has 0 unspecified atom stereocenters. The smallest absolute Gasteiger partial charge is 0.337 e. The molecule has 0 aliphatic rings. The van der Waals surface area contributed by atoms with Gasteiger partial charge in [-0.25, -0.2) is 14.0 Å². The van der Waals surface area contributed by atoms with E-state index in [2.05, 4.69) is 17.6 Å². The van der Waals surface area contributed by atoms with Crippen LogP contribution >= 0.6 is 0 Å². The molecule has 0 spiro atoms. The number of amides is 2. The van der Waals surface area contributed by atoms with Crippen LogP contribution in [0.2, 0.25) is 0 Å². The summed E-state index contributed by atoms with van der Waals surface area (Å²) in [5, 5.41) is 13.9. The highest BCUT2D eigenvalue weighted by molar-refractivity contribution is 5.99. The Bertz CT molecular complexity index is 477. The zero-order valence-electron chi connectivity index (χ0n) is 11.4. The molecular formula is C14H19FN2O3. The van der Waals surface area contributed by atoms with Crippen LogP contribution in [0.1, 0.15) is 43.0 Å². The molecule has 5 nitrogen and oxygen atoms in total. The first-order chi connectivity index (χ1) is 9.54. The summed E-state index contributed by atoms with van der Waals surface area (Å²) >= 11 is 0. The van der Waals surface area contributed by atoms with E-state index in [1.165, 1.54) is 0 Å². The fourth-order valence-corrected chi connectivity index (χ4v) is 1.73. The summed E-state index contributed by atoms with van der Waals surface area (Å²) in [5.74, 6) is -1.82. The minimum Gasteiger partial charge on any atom is -0.478 e. The minimum atomic E-state index is -1.22. The lowest BCUT2D eigenvalue weighted by Crippen LogP contribution is -2.30. The van der Waals surface area contributed by atoms with Crippen molar-refractivity contribution in [2.45, 2.75) is 32.6 Å². The number of nitrogens with one attached hydrogen (secondary N) is 2. The Hall–Kier alpha value is -2.11. The third-order valence-electron chi connectivity index (χ3n) is 2.78. The van der Waals surface area contributed by atoms with Crippen molar-refractivity contribution in [2.24, 2.45) is 0 Å². The Morgan fingerprint density at radius 1 is 1.25 bits per heavy atom. The van der Waals surface area contributed by atoms with Gasteiger partial charge in [0.2, 0.25) is 0 Å². The first kappa shape index (κ1) is 15.9. The maximum Gasteiger partial charge on any atom is 0.337 e. The zero-order chi connectivity index (χ0) is 15.0. The normalized spacial score (nSPS) is 10.1. The number of anilines is 1. The van der Waals surface area contributed by atoms with Crippen LogP contribution in [0.3, 0.4) is 0 Å². The van der Waals surface area contributed by atoms with Crippen molar-refractivity contribution in [3.8, 4) is 0 Å². The van der Waals surface area contributed by atoms with E-state index in [0.717, 1.165) is 43.9 Å². The molecule has 0 fully saturated rings. The molecule has 0 saturated heterocycles. The van der Waals surface area contributed by atoms with E-state index in [1.54, 1.807) is 0 Å². The van der Waals surface area contributed by atoms with Gasteiger partial charge in [0.15, 0.2) is 0 Å². The average Bonchev–Trinajstić information content (AvgIpc) is 2.38. The van der Waals surface area contributed by atoms with Crippen molar-refractivity contribution >= 4 is 17.7 Å². The second-order valence-corrected chi connectivity index (χ2v) is 4.44. The van der Waals surface area contributed by atoms with Gasteiger partial charge in [-0.3, -0.25) is 0 Å². The minimum absolute atomic E-state index is 0.0523. The number of hydrogen-bond donors (Lipinski definition) is 3. The highest BCUT2D eigenvalue weighted by atomic mass is 19.1. The number of carboxylic acids is 1. The van der Waals surface area contributed by atoms with E-state index in [-0.39, 0.29) is 11.3 Å². The van der Waals surface area contributed by atoms with Crippen LogP contribution in [-0.2, 0) is 0 Å². The summed E-state index contributed by atoms with van der Waals surface area (Å²) in [4.78, 5) is 22.5. The Labute approximate surface area is 117 Å². The monoisotopic (exact) mass is 282 g/mol. The van der Waals surface area contributed by atoms with Crippen molar-refractivity contribution < 1.29 is 19.1 Å². The summed E-state index contributed by atoms with van der Waals surface area (Å²) < 4.78 is 13.1. The van der Waals surface area contributed by atoms with Crippen LogP contribution in [-0.4, -0.2) is 23.7 Å². The van der Waals surface area contributed by atoms with Gasteiger partial charge in [-0.15, -0.1) is 0 Å². The molecule has 0 radical (unpaired) electrons. The van der Waals surface area contributed by atoms with Crippen LogP contribution in [0.4, 0.5) is 14.9 Å². The quantitative estimate of drug-likeness (QED) is 0.672. The van der Waals surface area contributed by atoms with Crippen molar-refractivity contribution in [1.29, 1.82) is 0 Å². The number of carbonyl (C=O) groups is 2. The molecule has 3 N–H and O–H groups in total. The molecule has 6 heteroatoms. The Morgan fingerprint density at radius 3 is 2.65 bits per heavy atom. The van der Waals surface area contributed by atoms with Crippen molar-refractivity contribution in [1.82, 2.24) is 5.32 Å². The number of rotatable bonds is 7. The van der Waals surface area contributed by atoms with Gasteiger partial charge < -0.3 is 15.7 Å². The van der Waals surface area contributed by atoms with Crippen molar-refractivity contribution in [2.75, 3.05) is 11.9 Å². The first-order valence-electron chi connectivity index (χ1n) is 6.62. The molecule has 0 aliphatic carbocycles. The van der Waals surface area contributed by atoms with Crippen molar-refractivity contribution in [3.05, 3.63) is 29.6 Å². The summed E-state index contributed by atoms with van der Waals surface area (Å²) in [6.45, 7) is 2.60. The van der Waals surface area contributed by atoms with Gasteiger partial charge in [0, 0.05) is 6.54 Å². The second-order valence-electron chi connectivity index (χ2n) is 4.44. The molecule has 0 saturated carbocycles. The summed E-state index contributed by atoms with van der Waals surface area (Å²) in [6, 6.07) is 2.61. The number of carboxylic acid groups (broad SMARTS) is 1. The summed E-state index contributed by atoms with van der Waals surface area (Å²) in [6.07, 6.45) is 4.10. The number of aromatic carboxylic acids is 1. The van der Waals surface area contributed by atoms with Crippen molar-refractivity contribution in [3.63, 3.8) is 0 Å². The Kier molecular flexibility index (Phi) is 6.49. The topological polar surface area (TPSA) is 78.4 Å². The average molecular weight is 282 g/mol. The van der Waals surface area contributed by atoms with E-state index in [9.17, 15) is 14.0 Å². The number of unbranched alkanes of at least 4 members (excludes halogenated alkanes) is 3. The number of carbonyl (C=O) groups excluding carboxylic acids is 1. The highest BCUT2D eigenvalue weighted by Gasteiger charge is 2.13. The van der Waals surface area contributed by atoms with Crippen LogP contribution in [0.15, 0.2) is 18.2 Å². The van der Waals surface area contributed by atoms with Crippen LogP contribution in [0.5, 0.6) is 0 Å². The van der Waals surface area contributed by atoms with Gasteiger partial charge in [-0.1, -0.05) is 26.2 Å². The van der Waals surface area contributed by atoms with E-state index < -0.39 is 17.8 Å². The lowest BCUT2D eigenvalue weighted by Gasteiger charge is -2.10. The third kappa shape index (κ3) is 5.26. The molecule has 1 aromatic rings. The second kappa shape index (κ2) is 8.14. The molecule has 1 aromatic carbocycles. The third-order valence-corrected chi connectivity index (χ3v) is 2.78. The van der Waals surface area contributed by atoms with Crippen LogP contribution in [0, 0.1) is 5.82 Å². The molecule has 0 aromatic heterocycles. The SMILES string of the molecule is CCCCCCNC(=O)Nc1cc(F)ccc1C(=O)O. The molecule has 0 atom stereocenters. The number of hydrogen-bond acceptors (Lipinski definition) is 2. The lowest BCUT2D eigenvalue weighted by molar-refractivity contribution is 0.0698. The number of halogens is 1. The Balaban J connectivity index is 2.53.